The summed E-state index contributed by atoms with van der Waals surface area (Å²) in [6.45, 7) is 3.04. The summed E-state index contributed by atoms with van der Waals surface area (Å²) < 4.78 is 14.1. The van der Waals surface area contributed by atoms with Gasteiger partial charge in [-0.05, 0) is 49.2 Å². The summed E-state index contributed by atoms with van der Waals surface area (Å²) in [7, 11) is 0. The highest BCUT2D eigenvalue weighted by molar-refractivity contribution is 9.10. The Morgan fingerprint density at radius 3 is 2.80 bits per heavy atom. The van der Waals surface area contributed by atoms with Gasteiger partial charge in [-0.15, -0.1) is 0 Å². The molecule has 4 heteroatoms. The molecule has 0 aliphatic carbocycles. The fourth-order valence-corrected chi connectivity index (χ4v) is 2.54. The molecule has 0 bridgehead atoms. The Morgan fingerprint density at radius 1 is 1.30 bits per heavy atom. The highest BCUT2D eigenvalue weighted by Crippen LogP contribution is 2.19. The van der Waals surface area contributed by atoms with E-state index >= 15 is 0 Å². The zero-order chi connectivity index (χ0) is 14.4. The van der Waals surface area contributed by atoms with Gasteiger partial charge in [0.2, 0.25) is 0 Å². The summed E-state index contributed by atoms with van der Waals surface area (Å²) in [5.41, 5.74) is 2.10. The Bertz CT molecular complexity index is 542. The molecule has 0 saturated heterocycles. The molecule has 2 aromatic rings. The Kier molecular flexibility index (Phi) is 5.68. The zero-order valence-corrected chi connectivity index (χ0v) is 13.0. The van der Waals surface area contributed by atoms with Gasteiger partial charge in [0.1, 0.15) is 5.82 Å². The number of hydrogen-bond donors (Lipinski definition) is 1. The van der Waals surface area contributed by atoms with Crippen LogP contribution in [-0.4, -0.2) is 11.5 Å². The highest BCUT2D eigenvalue weighted by atomic mass is 79.9. The van der Waals surface area contributed by atoms with E-state index < -0.39 is 0 Å². The van der Waals surface area contributed by atoms with Gasteiger partial charge in [-0.2, -0.15) is 0 Å². The van der Waals surface area contributed by atoms with Crippen molar-refractivity contribution in [2.45, 2.75) is 25.8 Å². The van der Waals surface area contributed by atoms with E-state index in [2.05, 4.69) is 45.3 Å². The summed E-state index contributed by atoms with van der Waals surface area (Å²) in [4.78, 5) is 4.20. The van der Waals surface area contributed by atoms with Crippen molar-refractivity contribution in [3.8, 4) is 0 Å². The largest absolute Gasteiger partial charge is 0.308 e. The average Bonchev–Trinajstić information content (AvgIpc) is 2.44. The first-order chi connectivity index (χ1) is 9.69. The summed E-state index contributed by atoms with van der Waals surface area (Å²) in [6, 6.07) is 11.5. The van der Waals surface area contributed by atoms with Crippen LogP contribution in [0.1, 0.15) is 30.6 Å². The topological polar surface area (TPSA) is 24.9 Å². The average molecular weight is 337 g/mol. The third-order valence-electron chi connectivity index (χ3n) is 3.08. The molecule has 1 unspecified atom stereocenters. The summed E-state index contributed by atoms with van der Waals surface area (Å²) >= 11 is 3.48. The quantitative estimate of drug-likeness (QED) is 0.852. The van der Waals surface area contributed by atoms with E-state index in [1.807, 2.05) is 12.1 Å². The van der Waals surface area contributed by atoms with Crippen molar-refractivity contribution >= 4 is 15.9 Å². The smallest absolute Gasteiger partial charge is 0.141 e. The van der Waals surface area contributed by atoms with Crippen molar-refractivity contribution in [2.24, 2.45) is 0 Å². The van der Waals surface area contributed by atoms with E-state index in [-0.39, 0.29) is 11.9 Å². The molecule has 0 aliphatic heterocycles. The van der Waals surface area contributed by atoms with Crippen molar-refractivity contribution in [1.29, 1.82) is 0 Å². The number of hydrogen-bond acceptors (Lipinski definition) is 2. The van der Waals surface area contributed by atoms with Crippen LogP contribution in [0, 0.1) is 5.82 Å². The molecule has 0 radical (unpaired) electrons. The maximum Gasteiger partial charge on any atom is 0.141 e. The van der Waals surface area contributed by atoms with Gasteiger partial charge in [0.05, 0.1) is 17.9 Å². The highest BCUT2D eigenvalue weighted by Gasteiger charge is 2.13. The summed E-state index contributed by atoms with van der Waals surface area (Å²) in [5.74, 6) is -0.301. The van der Waals surface area contributed by atoms with Gasteiger partial charge in [0.25, 0.3) is 0 Å². The van der Waals surface area contributed by atoms with Crippen LogP contribution in [0.25, 0.3) is 0 Å². The lowest BCUT2D eigenvalue weighted by Gasteiger charge is -2.18. The van der Waals surface area contributed by atoms with Crippen LogP contribution < -0.4 is 5.32 Å². The molecule has 1 aromatic heterocycles. The number of halogens is 2. The number of pyridine rings is 1. The van der Waals surface area contributed by atoms with Crippen LogP contribution in [0.15, 0.2) is 47.1 Å². The van der Waals surface area contributed by atoms with E-state index in [0.717, 1.165) is 29.6 Å². The predicted octanol–water partition coefficient (Wildman–Crippen LogP) is 4.27. The van der Waals surface area contributed by atoms with Crippen LogP contribution in [-0.2, 0) is 6.42 Å². The van der Waals surface area contributed by atoms with Crippen molar-refractivity contribution in [2.75, 3.05) is 6.54 Å². The number of aromatic nitrogens is 1. The maximum absolute atomic E-state index is 13.0. The van der Waals surface area contributed by atoms with Gasteiger partial charge in [-0.25, -0.2) is 4.39 Å². The molecule has 1 aromatic carbocycles. The Morgan fingerprint density at radius 2 is 2.15 bits per heavy atom. The lowest BCUT2D eigenvalue weighted by molar-refractivity contribution is 0.514. The van der Waals surface area contributed by atoms with Gasteiger partial charge in [0, 0.05) is 4.47 Å². The molecule has 0 spiro atoms. The Hall–Kier alpha value is -1.26. The summed E-state index contributed by atoms with van der Waals surface area (Å²) in [5, 5.41) is 3.47. The number of rotatable bonds is 6. The number of benzene rings is 1. The van der Waals surface area contributed by atoms with E-state index in [1.54, 1.807) is 6.07 Å². The first-order valence-corrected chi connectivity index (χ1v) is 7.57. The molecule has 0 amide bonds. The normalized spacial score (nSPS) is 12.3. The van der Waals surface area contributed by atoms with E-state index in [1.165, 1.54) is 17.8 Å². The van der Waals surface area contributed by atoms with Crippen LogP contribution in [0.2, 0.25) is 0 Å². The van der Waals surface area contributed by atoms with Crippen molar-refractivity contribution in [3.63, 3.8) is 0 Å². The lowest BCUT2D eigenvalue weighted by Crippen LogP contribution is -2.25. The fourth-order valence-electron chi connectivity index (χ4n) is 2.09. The van der Waals surface area contributed by atoms with Gasteiger partial charge in [-0.1, -0.05) is 35.0 Å². The molecule has 1 atom stereocenters. The molecular weight excluding hydrogens is 319 g/mol. The minimum absolute atomic E-state index is 0.102. The molecule has 2 nitrogen and oxygen atoms in total. The molecular formula is C16H18BrFN2. The third-order valence-corrected chi connectivity index (χ3v) is 3.57. The summed E-state index contributed by atoms with van der Waals surface area (Å²) in [6.07, 6.45) is 3.16. The minimum Gasteiger partial charge on any atom is -0.308 e. The maximum atomic E-state index is 13.0. The first-order valence-electron chi connectivity index (χ1n) is 6.78. The van der Waals surface area contributed by atoms with Crippen LogP contribution in [0.5, 0.6) is 0 Å². The second-order valence-corrected chi connectivity index (χ2v) is 5.66. The minimum atomic E-state index is -0.301. The monoisotopic (exact) mass is 336 g/mol. The Balaban J connectivity index is 2.16. The Labute approximate surface area is 127 Å². The predicted molar refractivity (Wildman–Crippen MR) is 83.1 cm³/mol. The van der Waals surface area contributed by atoms with Gasteiger partial charge >= 0.3 is 0 Å². The second-order valence-electron chi connectivity index (χ2n) is 4.74. The van der Waals surface area contributed by atoms with Crippen molar-refractivity contribution in [3.05, 3.63) is 64.1 Å². The molecule has 106 valence electrons. The number of nitrogens with one attached hydrogen (secondary N) is 1. The standard InChI is InChI=1S/C16H18BrFN2/c1-2-8-19-16(15-7-6-14(18)11-20-15)10-12-4-3-5-13(17)9-12/h3-7,9,11,16,19H,2,8,10H2,1H3. The van der Waals surface area contributed by atoms with Gasteiger partial charge in [-0.3, -0.25) is 4.98 Å². The molecule has 0 saturated carbocycles. The third kappa shape index (κ3) is 4.39. The molecule has 1 heterocycles. The zero-order valence-electron chi connectivity index (χ0n) is 11.4. The van der Waals surface area contributed by atoms with Crippen molar-refractivity contribution in [1.82, 2.24) is 10.3 Å². The molecule has 2 rings (SSSR count). The molecule has 0 fully saturated rings. The van der Waals surface area contributed by atoms with Crippen LogP contribution in [0.3, 0.4) is 0 Å². The molecule has 1 N–H and O–H groups in total. The van der Waals surface area contributed by atoms with E-state index in [0.29, 0.717) is 0 Å². The lowest BCUT2D eigenvalue weighted by atomic mass is 10.0. The molecule has 0 aliphatic rings. The SMILES string of the molecule is CCCNC(Cc1cccc(Br)c1)c1ccc(F)cn1. The van der Waals surface area contributed by atoms with Crippen LogP contribution in [0.4, 0.5) is 4.39 Å². The van der Waals surface area contributed by atoms with Gasteiger partial charge < -0.3 is 5.32 Å². The van der Waals surface area contributed by atoms with Crippen LogP contribution >= 0.6 is 15.9 Å². The number of nitrogens with zero attached hydrogens (tertiary/aromatic N) is 1. The van der Waals surface area contributed by atoms with Gasteiger partial charge in [0.15, 0.2) is 0 Å². The fraction of sp³-hybridized carbons (Fsp3) is 0.312. The van der Waals surface area contributed by atoms with E-state index in [4.69, 9.17) is 0 Å². The first kappa shape index (κ1) is 15.1. The van der Waals surface area contributed by atoms with Crippen molar-refractivity contribution < 1.29 is 4.39 Å². The van der Waals surface area contributed by atoms with E-state index in [9.17, 15) is 4.39 Å². The second kappa shape index (κ2) is 7.50. The molecule has 20 heavy (non-hydrogen) atoms.